The number of nitrogens with zero attached hydrogens (tertiary/aromatic N) is 2. The Morgan fingerprint density at radius 1 is 1.11 bits per heavy atom. The molecular weight excluding hydrogens is 528 g/mol. The van der Waals surface area contributed by atoms with Crippen LogP contribution in [0.5, 0.6) is 0 Å². The highest BCUT2D eigenvalue weighted by Crippen LogP contribution is 2.44. The largest absolute Gasteiger partial charge is 1.00 e. The first-order chi connectivity index (χ1) is 16.5. The zero-order valence-electron chi connectivity index (χ0n) is 21.0. The summed E-state index contributed by atoms with van der Waals surface area (Å²) >= 11 is 1.47. The van der Waals surface area contributed by atoms with Crippen LogP contribution in [-0.2, 0) is 15.1 Å². The molecule has 5 aliphatic rings. The molecular formula is C27H43BrN2O4S. The Balaban J connectivity index is 0.00000289. The maximum absolute atomic E-state index is 13.6. The molecule has 0 aromatic carbocycles. The number of aliphatic hydroxyl groups is 2. The maximum atomic E-state index is 13.6. The minimum absolute atomic E-state index is 0. The van der Waals surface area contributed by atoms with Gasteiger partial charge in [-0.2, -0.15) is 0 Å². The molecule has 5 heterocycles. The zero-order valence-corrected chi connectivity index (χ0v) is 23.4. The number of hydrogen-bond donors (Lipinski definition) is 2. The third kappa shape index (κ3) is 5.99. The average molecular weight is 572 g/mol. The lowest BCUT2D eigenvalue weighted by atomic mass is 9.82. The number of unbranched alkanes of at least 4 members (excludes halogenated alkanes) is 1. The van der Waals surface area contributed by atoms with Crippen LogP contribution in [0.15, 0.2) is 17.5 Å². The van der Waals surface area contributed by atoms with Crippen LogP contribution in [0.4, 0.5) is 0 Å². The molecule has 1 aromatic heterocycles. The predicted molar refractivity (Wildman–Crippen MR) is 133 cm³/mol. The van der Waals surface area contributed by atoms with Crippen molar-refractivity contribution in [2.45, 2.75) is 82.0 Å². The van der Waals surface area contributed by atoms with Gasteiger partial charge < -0.3 is 41.3 Å². The first-order valence-electron chi connectivity index (χ1n) is 13.7. The highest BCUT2D eigenvalue weighted by molar-refractivity contribution is 7.10. The minimum atomic E-state index is -1.48. The minimum Gasteiger partial charge on any atom is -1.00 e. The first-order valence-corrected chi connectivity index (χ1v) is 14.6. The second-order valence-corrected chi connectivity index (χ2v) is 12.4. The summed E-state index contributed by atoms with van der Waals surface area (Å²) in [5.41, 5.74) is -1.48. The average Bonchev–Trinajstić information content (AvgIpc) is 3.58. The number of halogens is 1. The number of piperidine rings is 4. The predicted octanol–water partition coefficient (Wildman–Crippen LogP) is 0.519. The highest BCUT2D eigenvalue weighted by atomic mass is 79.9. The summed E-state index contributed by atoms with van der Waals surface area (Å²) in [5.74, 6) is 0.0182. The number of quaternary nitrogens is 1. The lowest BCUT2D eigenvalue weighted by Crippen LogP contribution is -3.00. The highest BCUT2D eigenvalue weighted by Gasteiger charge is 2.53. The normalized spacial score (nSPS) is 31.7. The lowest BCUT2D eigenvalue weighted by Gasteiger charge is -2.52. The number of ether oxygens (including phenoxy) is 1. The van der Waals surface area contributed by atoms with E-state index in [2.05, 4.69) is 4.90 Å². The molecule has 2 bridgehead atoms. The number of hydrogen-bond acceptors (Lipinski definition) is 6. The van der Waals surface area contributed by atoms with Gasteiger partial charge in [-0.25, -0.2) is 4.79 Å². The zero-order chi connectivity index (χ0) is 23.6. The smallest absolute Gasteiger partial charge is 0.344 e. The molecule has 4 aliphatic heterocycles. The van der Waals surface area contributed by atoms with Crippen LogP contribution in [0.25, 0.3) is 0 Å². The number of fused-ring (bicyclic) bond motifs is 3. The quantitative estimate of drug-likeness (QED) is 0.257. The van der Waals surface area contributed by atoms with Crippen LogP contribution in [0.3, 0.4) is 0 Å². The Bertz CT molecular complexity index is 802. The number of carbonyl (C=O) groups excluding carboxylic acids is 1. The Hall–Kier alpha value is -0.510. The van der Waals surface area contributed by atoms with Crippen molar-refractivity contribution in [2.24, 2.45) is 11.8 Å². The monoisotopic (exact) mass is 570 g/mol. The van der Waals surface area contributed by atoms with E-state index in [0.29, 0.717) is 5.92 Å². The fraction of sp³-hybridized carbons (Fsp3) is 0.815. The molecule has 198 valence electrons. The summed E-state index contributed by atoms with van der Waals surface area (Å²) in [6.07, 6.45) is 10.3. The van der Waals surface area contributed by atoms with Crippen molar-refractivity contribution in [1.82, 2.24) is 4.90 Å². The molecule has 1 aromatic rings. The van der Waals surface area contributed by atoms with E-state index in [4.69, 9.17) is 4.74 Å². The van der Waals surface area contributed by atoms with Crippen molar-refractivity contribution in [3.05, 3.63) is 22.4 Å². The van der Waals surface area contributed by atoms with Crippen LogP contribution in [0.2, 0.25) is 0 Å². The van der Waals surface area contributed by atoms with E-state index in [1.807, 2.05) is 17.5 Å². The molecule has 6 nitrogen and oxygen atoms in total. The number of aliphatic hydroxyl groups excluding tert-OH is 1. The van der Waals surface area contributed by atoms with E-state index >= 15 is 0 Å². The second-order valence-electron chi connectivity index (χ2n) is 11.5. The van der Waals surface area contributed by atoms with Gasteiger partial charge in [-0.3, -0.25) is 0 Å². The van der Waals surface area contributed by atoms with Crippen molar-refractivity contribution >= 4 is 17.3 Å². The van der Waals surface area contributed by atoms with Gasteiger partial charge in [0.25, 0.3) is 0 Å². The fourth-order valence-electron chi connectivity index (χ4n) is 7.13. The molecule has 2 atom stereocenters. The van der Waals surface area contributed by atoms with E-state index < -0.39 is 11.6 Å². The van der Waals surface area contributed by atoms with Gasteiger partial charge in [0, 0.05) is 42.6 Å². The Morgan fingerprint density at radius 3 is 2.49 bits per heavy atom. The van der Waals surface area contributed by atoms with E-state index in [-0.39, 0.29) is 35.1 Å². The molecule has 0 unspecified atom stereocenters. The molecule has 0 radical (unpaired) electrons. The summed E-state index contributed by atoms with van der Waals surface area (Å²) in [7, 11) is 0. The van der Waals surface area contributed by atoms with Crippen LogP contribution in [-0.4, -0.2) is 83.6 Å². The molecule has 4 saturated heterocycles. The van der Waals surface area contributed by atoms with E-state index in [0.717, 1.165) is 93.5 Å². The summed E-state index contributed by atoms with van der Waals surface area (Å²) in [4.78, 5) is 16.8. The van der Waals surface area contributed by atoms with Gasteiger partial charge in [0.2, 0.25) is 0 Å². The van der Waals surface area contributed by atoms with E-state index in [9.17, 15) is 15.0 Å². The molecule has 8 heteroatoms. The number of rotatable bonds is 9. The van der Waals surface area contributed by atoms with Gasteiger partial charge in [0.1, 0.15) is 6.54 Å². The van der Waals surface area contributed by atoms with Gasteiger partial charge >= 0.3 is 5.97 Å². The van der Waals surface area contributed by atoms with Gasteiger partial charge in [0.05, 0.1) is 25.7 Å². The molecule has 35 heavy (non-hydrogen) atoms. The van der Waals surface area contributed by atoms with Gasteiger partial charge in [0.15, 0.2) is 11.7 Å². The third-order valence-corrected chi connectivity index (χ3v) is 10.4. The molecule has 2 N–H and O–H groups in total. The van der Waals surface area contributed by atoms with Crippen molar-refractivity contribution in [2.75, 3.05) is 45.8 Å². The van der Waals surface area contributed by atoms with Gasteiger partial charge in [-0.1, -0.05) is 18.9 Å². The van der Waals surface area contributed by atoms with Crippen LogP contribution >= 0.6 is 11.3 Å². The maximum Gasteiger partial charge on any atom is 0.344 e. The SMILES string of the molecule is O=C(O[C@H]1C[N+]2(CCCCN3CCC(O)CC3)CCC1CC2)[C@](O)(c1cccs1)C1CCCC1.[Br-]. The number of esters is 1. The van der Waals surface area contributed by atoms with Crippen LogP contribution in [0, 0.1) is 11.8 Å². The van der Waals surface area contributed by atoms with E-state index in [1.54, 1.807) is 0 Å². The molecule has 0 spiro atoms. The summed E-state index contributed by atoms with van der Waals surface area (Å²) in [6.45, 7) is 7.65. The molecule has 5 fully saturated rings. The van der Waals surface area contributed by atoms with Crippen LogP contribution < -0.4 is 17.0 Å². The second kappa shape index (κ2) is 11.9. The molecule has 6 rings (SSSR count). The standard InChI is InChI=1S/C27H43N2O4S.BrH/c30-23-9-14-28(15-10-23)13-3-4-16-29-17-11-21(12-18-29)24(20-29)33-26(31)27(32,22-6-1-2-7-22)25-8-5-19-34-25;/h5,8,19,21-24,30,32H,1-4,6-7,9-18,20H2;1H/q+1;/p-1/t21?,24-,27+,29?;/m0./s1. The third-order valence-electron chi connectivity index (χ3n) is 9.37. The van der Waals surface area contributed by atoms with Crippen molar-refractivity contribution in [3.63, 3.8) is 0 Å². The topological polar surface area (TPSA) is 70.0 Å². The Labute approximate surface area is 225 Å². The van der Waals surface area contributed by atoms with Crippen molar-refractivity contribution in [3.8, 4) is 0 Å². The molecule has 0 amide bonds. The molecule has 1 aliphatic carbocycles. The Kier molecular flexibility index (Phi) is 9.36. The fourth-order valence-corrected chi connectivity index (χ4v) is 8.02. The van der Waals surface area contributed by atoms with Crippen LogP contribution in [0.1, 0.15) is 69.1 Å². The summed E-state index contributed by atoms with van der Waals surface area (Å²) in [5, 5.41) is 23.4. The van der Waals surface area contributed by atoms with Crippen molar-refractivity contribution in [1.29, 1.82) is 0 Å². The van der Waals surface area contributed by atoms with Gasteiger partial charge in [-0.15, -0.1) is 11.3 Å². The first kappa shape index (κ1) is 27.5. The lowest BCUT2D eigenvalue weighted by molar-refractivity contribution is -0.946. The van der Waals surface area contributed by atoms with E-state index in [1.165, 1.54) is 37.3 Å². The number of carbonyl (C=O) groups is 1. The number of likely N-dealkylation sites (tertiary alicyclic amines) is 1. The van der Waals surface area contributed by atoms with Gasteiger partial charge in [-0.05, 0) is 56.5 Å². The summed E-state index contributed by atoms with van der Waals surface area (Å²) < 4.78 is 7.31. The molecule has 1 saturated carbocycles. The Morgan fingerprint density at radius 2 is 1.83 bits per heavy atom. The van der Waals surface area contributed by atoms with Crippen molar-refractivity contribution < 1.29 is 41.2 Å². The number of thiophene rings is 1. The summed E-state index contributed by atoms with van der Waals surface area (Å²) in [6, 6.07) is 3.82.